The lowest BCUT2D eigenvalue weighted by molar-refractivity contribution is -0.129. The number of anilines is 1. The average molecular weight is 475 g/mol. The summed E-state index contributed by atoms with van der Waals surface area (Å²) >= 11 is 0. The molecule has 4 atom stereocenters. The summed E-state index contributed by atoms with van der Waals surface area (Å²) in [7, 11) is -3.48. The zero-order valence-electron chi connectivity index (χ0n) is 18.0. The lowest BCUT2D eigenvalue weighted by atomic mass is 10.1. The Morgan fingerprint density at radius 1 is 1.30 bits per heavy atom. The Hall–Kier alpha value is -3.14. The highest BCUT2D eigenvalue weighted by Gasteiger charge is 2.35. The summed E-state index contributed by atoms with van der Waals surface area (Å²) in [4.78, 5) is 23.8. The van der Waals surface area contributed by atoms with Crippen LogP contribution in [0.15, 0.2) is 54.9 Å². The molecule has 1 aromatic carbocycles. The minimum atomic E-state index is -3.48. The van der Waals surface area contributed by atoms with Crippen molar-refractivity contribution in [3.05, 3.63) is 54.9 Å². The maximum atomic E-state index is 14.7. The summed E-state index contributed by atoms with van der Waals surface area (Å²) in [5, 5.41) is 0. The van der Waals surface area contributed by atoms with Gasteiger partial charge in [0.25, 0.3) is 7.37 Å². The molecule has 2 aromatic heterocycles. The number of aromatic nitrogens is 4. The third kappa shape index (κ3) is 5.11. The first-order valence-corrected chi connectivity index (χ1v) is 12.2. The van der Waals surface area contributed by atoms with Crippen molar-refractivity contribution >= 4 is 30.1 Å². The molecule has 12 heteroatoms. The fourth-order valence-electron chi connectivity index (χ4n) is 3.29. The molecule has 0 spiro atoms. The number of ether oxygens (including phenoxy) is 2. The van der Waals surface area contributed by atoms with E-state index in [9.17, 15) is 13.8 Å². The Balaban J connectivity index is 1.48. The monoisotopic (exact) mass is 475 g/mol. The van der Waals surface area contributed by atoms with Crippen molar-refractivity contribution in [2.24, 2.45) is 5.92 Å². The number of nitrogens with two attached hydrogens (primary N) is 1. The second kappa shape index (κ2) is 9.38. The summed E-state index contributed by atoms with van der Waals surface area (Å²) in [5.74, 6) is -0.715. The van der Waals surface area contributed by atoms with Crippen LogP contribution in [0.5, 0.6) is 5.75 Å². The van der Waals surface area contributed by atoms with Gasteiger partial charge in [0, 0.05) is 18.2 Å². The molecule has 0 aliphatic carbocycles. The van der Waals surface area contributed by atoms with Gasteiger partial charge in [-0.05, 0) is 19.1 Å². The molecule has 0 bridgehead atoms. The summed E-state index contributed by atoms with van der Waals surface area (Å²) in [6, 6.07) is 8.59. The molecule has 2 N–H and O–H groups in total. The average Bonchev–Trinajstić information content (AvgIpc) is 3.37. The number of para-hydroxylation sites is 1. The van der Waals surface area contributed by atoms with Gasteiger partial charge in [0.15, 0.2) is 29.8 Å². The molecule has 10 nitrogen and oxygen atoms in total. The number of nitrogen functional groups attached to an aromatic ring is 1. The van der Waals surface area contributed by atoms with Crippen molar-refractivity contribution in [1.29, 1.82) is 0 Å². The van der Waals surface area contributed by atoms with Gasteiger partial charge in [-0.2, -0.15) is 0 Å². The topological polar surface area (TPSA) is 131 Å². The number of hydrogen-bond donors (Lipinski definition) is 1. The van der Waals surface area contributed by atoms with Gasteiger partial charge in [0.05, 0.1) is 6.33 Å². The molecule has 174 valence electrons. The third-order valence-corrected chi connectivity index (χ3v) is 7.32. The fraction of sp³-hybridized carbons (Fsp3) is 0.333. The van der Waals surface area contributed by atoms with Crippen LogP contribution < -0.4 is 10.3 Å². The van der Waals surface area contributed by atoms with Crippen molar-refractivity contribution in [3.63, 3.8) is 0 Å². The predicted octanol–water partition coefficient (Wildman–Crippen LogP) is 3.67. The lowest BCUT2D eigenvalue weighted by Crippen LogP contribution is -2.20. The predicted molar refractivity (Wildman–Crippen MR) is 118 cm³/mol. The Morgan fingerprint density at radius 2 is 2.06 bits per heavy atom. The quantitative estimate of drug-likeness (QED) is 0.460. The zero-order chi connectivity index (χ0) is 23.6. The van der Waals surface area contributed by atoms with Crippen molar-refractivity contribution in [3.8, 4) is 5.75 Å². The van der Waals surface area contributed by atoms with Crippen molar-refractivity contribution in [1.82, 2.24) is 19.5 Å². The number of rotatable bonds is 9. The molecule has 1 aliphatic rings. The summed E-state index contributed by atoms with van der Waals surface area (Å²) in [5.41, 5.74) is 6.39. The fourth-order valence-corrected chi connectivity index (χ4v) is 5.50. The molecule has 0 fully saturated rings. The first-order valence-electron chi connectivity index (χ1n) is 10.2. The van der Waals surface area contributed by atoms with Crippen LogP contribution in [-0.2, 0) is 18.8 Å². The Labute approximate surface area is 189 Å². The van der Waals surface area contributed by atoms with Crippen LogP contribution in [0.3, 0.4) is 0 Å². The molecule has 1 unspecified atom stereocenters. The van der Waals surface area contributed by atoms with Crippen LogP contribution in [-0.4, -0.2) is 44.1 Å². The number of carbonyl (C=O) groups excluding carboxylic acids is 1. The zero-order valence-corrected chi connectivity index (χ0v) is 18.9. The van der Waals surface area contributed by atoms with Gasteiger partial charge in [-0.15, -0.1) is 0 Å². The summed E-state index contributed by atoms with van der Waals surface area (Å²) < 4.78 is 46.6. The van der Waals surface area contributed by atoms with Gasteiger partial charge >= 0.3 is 0 Å². The van der Waals surface area contributed by atoms with Crippen LogP contribution >= 0.6 is 7.37 Å². The maximum Gasteiger partial charge on any atom is 0.273 e. The largest absolute Gasteiger partial charge is 0.441 e. The lowest BCUT2D eigenvalue weighted by Gasteiger charge is -2.23. The van der Waals surface area contributed by atoms with E-state index in [0.29, 0.717) is 16.9 Å². The molecular weight excluding hydrogens is 452 g/mol. The van der Waals surface area contributed by atoms with Gasteiger partial charge < -0.3 is 19.7 Å². The van der Waals surface area contributed by atoms with Gasteiger partial charge in [-0.25, -0.2) is 19.3 Å². The highest BCUT2D eigenvalue weighted by atomic mass is 31.2. The second-order valence-corrected chi connectivity index (χ2v) is 10.1. The molecule has 0 saturated heterocycles. The second-order valence-electron chi connectivity index (χ2n) is 7.70. The molecule has 4 rings (SSSR count). The number of halogens is 1. The van der Waals surface area contributed by atoms with Crippen LogP contribution in [0.1, 0.15) is 20.1 Å². The highest BCUT2D eigenvalue weighted by molar-refractivity contribution is 7.59. The van der Waals surface area contributed by atoms with E-state index in [2.05, 4.69) is 15.0 Å². The number of carbonyl (C=O) groups is 1. The number of ketones is 1. The Bertz CT molecular complexity index is 1230. The SMILES string of the molecule is CC(=O)[C@H](C)CP(=O)(CO[C@@H]1C=C(F)[C@H](n2cnc3c(N)ncnc32)O1)Oc1ccccc1. The first-order chi connectivity index (χ1) is 15.8. The van der Waals surface area contributed by atoms with E-state index >= 15 is 0 Å². The van der Waals surface area contributed by atoms with E-state index in [1.54, 1.807) is 37.3 Å². The molecule has 3 heterocycles. The maximum absolute atomic E-state index is 14.7. The van der Waals surface area contributed by atoms with Gasteiger partial charge in [0.2, 0.25) is 0 Å². The molecule has 33 heavy (non-hydrogen) atoms. The number of hydrogen-bond acceptors (Lipinski definition) is 9. The normalized spacial score (nSPS) is 20.9. The molecular formula is C21H23FN5O5P. The van der Waals surface area contributed by atoms with Gasteiger partial charge in [-0.1, -0.05) is 25.1 Å². The Morgan fingerprint density at radius 3 is 2.79 bits per heavy atom. The van der Waals surface area contributed by atoms with E-state index in [0.717, 1.165) is 6.08 Å². The molecule has 0 saturated carbocycles. The first kappa shape index (κ1) is 23.0. The van der Waals surface area contributed by atoms with Crippen LogP contribution in [0, 0.1) is 5.92 Å². The molecule has 0 radical (unpaired) electrons. The van der Waals surface area contributed by atoms with Crippen molar-refractivity contribution in [2.45, 2.75) is 26.4 Å². The highest BCUT2D eigenvalue weighted by Crippen LogP contribution is 2.49. The van der Waals surface area contributed by atoms with Gasteiger partial charge in [-0.3, -0.25) is 13.9 Å². The summed E-state index contributed by atoms with van der Waals surface area (Å²) in [6.07, 6.45) is 0.999. The van der Waals surface area contributed by atoms with Gasteiger partial charge in [0.1, 0.15) is 29.7 Å². The number of imidazole rings is 1. The third-order valence-electron chi connectivity index (χ3n) is 5.13. The van der Waals surface area contributed by atoms with Crippen LogP contribution in [0.25, 0.3) is 11.2 Å². The summed E-state index contributed by atoms with van der Waals surface area (Å²) in [6.45, 7) is 3.09. The number of nitrogens with zero attached hydrogens (tertiary/aromatic N) is 4. The van der Waals surface area contributed by atoms with E-state index < -0.39 is 31.6 Å². The molecule has 0 amide bonds. The minimum Gasteiger partial charge on any atom is -0.441 e. The van der Waals surface area contributed by atoms with Crippen molar-refractivity contribution < 1.29 is 27.7 Å². The number of Topliss-reactive ketones (excluding diaryl/α,β-unsaturated/α-hetero) is 1. The molecule has 1 aliphatic heterocycles. The van der Waals surface area contributed by atoms with Crippen LogP contribution in [0.4, 0.5) is 10.2 Å². The Kier molecular flexibility index (Phi) is 6.55. The molecule has 3 aromatic rings. The van der Waals surface area contributed by atoms with Crippen LogP contribution in [0.2, 0.25) is 0 Å². The smallest absolute Gasteiger partial charge is 0.273 e. The van der Waals surface area contributed by atoms with E-state index in [-0.39, 0.29) is 24.1 Å². The number of benzene rings is 1. The minimum absolute atomic E-state index is 0.0259. The van der Waals surface area contributed by atoms with E-state index in [4.69, 9.17) is 19.7 Å². The standard InChI is InChI=1S/C21H23FN5O5P/c1-13(14(2)28)9-33(29,32-15-6-4-3-5-7-15)12-30-17-8-16(22)21(31-17)27-11-26-18-19(23)24-10-25-20(18)27/h3-8,10-11,13,17,21H,9,12H2,1-2H3,(H2,23,24,25)/t13-,17+,21-,33?/m1/s1. The van der Waals surface area contributed by atoms with E-state index in [1.807, 2.05) is 0 Å². The number of fused-ring (bicyclic) bond motifs is 1. The van der Waals surface area contributed by atoms with Crippen molar-refractivity contribution in [2.75, 3.05) is 18.2 Å². The van der Waals surface area contributed by atoms with E-state index in [1.165, 1.54) is 24.1 Å².